The van der Waals surface area contributed by atoms with Crippen LogP contribution in [0.2, 0.25) is 0 Å². The monoisotopic (exact) mass is 324 g/mol. The summed E-state index contributed by atoms with van der Waals surface area (Å²) in [6.07, 6.45) is 3.70. The van der Waals surface area contributed by atoms with E-state index in [4.69, 9.17) is 0 Å². The molecule has 3 rings (SSSR count). The van der Waals surface area contributed by atoms with Gasteiger partial charge in [0.1, 0.15) is 0 Å². The summed E-state index contributed by atoms with van der Waals surface area (Å²) in [5.74, 6) is 0. The van der Waals surface area contributed by atoms with Crippen LogP contribution >= 0.6 is 23.5 Å². The minimum absolute atomic E-state index is 1.19. The van der Waals surface area contributed by atoms with Gasteiger partial charge in [-0.1, -0.05) is 97.5 Å². The van der Waals surface area contributed by atoms with E-state index < -0.39 is 0 Å². The molecule has 0 N–H and O–H groups in total. The summed E-state index contributed by atoms with van der Waals surface area (Å²) in [5, 5.41) is 2.34. The highest BCUT2D eigenvalue weighted by molar-refractivity contribution is 8.19. The molecule has 1 aliphatic rings. The summed E-state index contributed by atoms with van der Waals surface area (Å²) < 4.78 is 0. The van der Waals surface area contributed by atoms with Crippen molar-refractivity contribution in [1.82, 2.24) is 0 Å². The third-order valence-electron chi connectivity index (χ3n) is 3.60. The van der Waals surface area contributed by atoms with Crippen LogP contribution in [0.4, 0.5) is 0 Å². The maximum atomic E-state index is 2.34. The van der Waals surface area contributed by atoms with Crippen LogP contribution in [0.25, 0.3) is 9.81 Å². The topological polar surface area (TPSA) is 0 Å². The molecule has 0 aromatic heterocycles. The van der Waals surface area contributed by atoms with Gasteiger partial charge < -0.3 is 0 Å². The first-order chi connectivity index (χ1) is 10.9. The van der Waals surface area contributed by atoms with Crippen LogP contribution in [0.3, 0.4) is 0 Å². The first-order valence-corrected chi connectivity index (χ1v) is 9.46. The molecule has 1 heterocycles. The van der Waals surface area contributed by atoms with Gasteiger partial charge in [0.25, 0.3) is 0 Å². The Bertz CT molecular complexity index is 669. The zero-order valence-corrected chi connectivity index (χ0v) is 14.4. The van der Waals surface area contributed by atoms with E-state index in [-0.39, 0.29) is 0 Å². The Morgan fingerprint density at radius 2 is 1.36 bits per heavy atom. The number of allylic oxidation sites excluding steroid dienone is 1. The van der Waals surface area contributed by atoms with E-state index in [1.54, 1.807) is 0 Å². The van der Waals surface area contributed by atoms with Crippen molar-refractivity contribution in [2.24, 2.45) is 0 Å². The molecule has 0 spiro atoms. The van der Waals surface area contributed by atoms with E-state index in [0.717, 1.165) is 0 Å². The van der Waals surface area contributed by atoms with Crippen LogP contribution in [0.5, 0.6) is 0 Å². The van der Waals surface area contributed by atoms with Crippen molar-refractivity contribution in [1.29, 1.82) is 0 Å². The fraction of sp³-hybridized carbons (Fsp3) is 0.200. The molecular formula is C20H20S2. The second kappa shape index (κ2) is 7.75. The van der Waals surface area contributed by atoms with E-state index in [1.165, 1.54) is 45.1 Å². The molecule has 0 bridgehead atoms. The molecule has 0 amide bonds. The zero-order valence-electron chi connectivity index (χ0n) is 12.8. The third kappa shape index (κ3) is 3.68. The molecule has 0 saturated carbocycles. The smallest absolute Gasteiger partial charge is 0.0337 e. The molecule has 2 aromatic rings. The summed E-state index contributed by atoms with van der Waals surface area (Å²) in [7, 11) is 0. The lowest BCUT2D eigenvalue weighted by atomic mass is 10.1. The van der Waals surface area contributed by atoms with Gasteiger partial charge >= 0.3 is 0 Å². The predicted octanol–water partition coefficient (Wildman–Crippen LogP) is 7.02. The Balaban J connectivity index is 1.97. The lowest BCUT2D eigenvalue weighted by molar-refractivity contribution is 0.810. The average molecular weight is 325 g/mol. The van der Waals surface area contributed by atoms with Crippen molar-refractivity contribution in [3.05, 3.63) is 82.1 Å². The van der Waals surface area contributed by atoms with Crippen LogP contribution in [0, 0.1) is 0 Å². The number of rotatable bonds is 5. The van der Waals surface area contributed by atoms with Gasteiger partial charge in [0.15, 0.2) is 0 Å². The lowest BCUT2D eigenvalue weighted by Gasteiger charge is -2.20. The fourth-order valence-corrected chi connectivity index (χ4v) is 4.85. The Labute approximate surface area is 141 Å². The second-order valence-electron chi connectivity index (χ2n) is 5.30. The van der Waals surface area contributed by atoms with Gasteiger partial charge in [0, 0.05) is 9.81 Å². The molecule has 0 nitrogen and oxygen atoms in total. The molecule has 22 heavy (non-hydrogen) atoms. The van der Waals surface area contributed by atoms with Gasteiger partial charge in [0.05, 0.1) is 0 Å². The van der Waals surface area contributed by atoms with Crippen LogP contribution in [0.1, 0.15) is 37.3 Å². The Kier molecular flexibility index (Phi) is 5.47. The number of thioether (sulfide) groups is 2. The van der Waals surface area contributed by atoms with Crippen LogP contribution < -0.4 is 0 Å². The summed E-state index contributed by atoms with van der Waals surface area (Å²) in [6.45, 7) is 2.25. The summed E-state index contributed by atoms with van der Waals surface area (Å²) in [4.78, 5) is 4.26. The Hall–Kier alpha value is -1.38. The lowest BCUT2D eigenvalue weighted by Crippen LogP contribution is -1.92. The van der Waals surface area contributed by atoms with E-state index in [0.29, 0.717) is 0 Å². The van der Waals surface area contributed by atoms with Gasteiger partial charge in [-0.2, -0.15) is 0 Å². The van der Waals surface area contributed by atoms with E-state index in [1.807, 2.05) is 23.5 Å². The number of benzene rings is 2. The number of hydrogen-bond donors (Lipinski definition) is 0. The normalized spacial score (nSPS) is 14.9. The van der Waals surface area contributed by atoms with Crippen LogP contribution in [0.15, 0.2) is 71.0 Å². The number of unbranched alkanes of at least 4 members (excludes halogenated alkanes) is 1. The van der Waals surface area contributed by atoms with Gasteiger partial charge in [0.2, 0.25) is 0 Å². The van der Waals surface area contributed by atoms with E-state index >= 15 is 0 Å². The van der Waals surface area contributed by atoms with Gasteiger partial charge in [-0.25, -0.2) is 0 Å². The highest BCUT2D eigenvalue weighted by atomic mass is 32.2. The highest BCUT2D eigenvalue weighted by Crippen LogP contribution is 2.50. The standard InChI is InChI=1S/C20H20S2/c1-2-3-14-18-15-21-19(16-10-6-4-7-11-16)20(22-18)17-12-8-5-9-13-17/h4-13,15H,2-3,14H2,1H3. The summed E-state index contributed by atoms with van der Waals surface area (Å²) >= 11 is 3.82. The first-order valence-electron chi connectivity index (χ1n) is 7.77. The minimum atomic E-state index is 1.19. The molecule has 0 saturated heterocycles. The Morgan fingerprint density at radius 3 is 1.95 bits per heavy atom. The number of hydrogen-bond acceptors (Lipinski definition) is 2. The van der Waals surface area contributed by atoms with Crippen molar-refractivity contribution in [3.8, 4) is 0 Å². The fourth-order valence-electron chi connectivity index (χ4n) is 2.41. The molecule has 1 aliphatic heterocycles. The quantitative estimate of drug-likeness (QED) is 0.579. The summed E-state index contributed by atoms with van der Waals surface area (Å²) in [5.41, 5.74) is 2.63. The van der Waals surface area contributed by atoms with Crippen molar-refractivity contribution < 1.29 is 0 Å². The van der Waals surface area contributed by atoms with Crippen molar-refractivity contribution in [2.45, 2.75) is 26.2 Å². The molecule has 0 aliphatic carbocycles. The van der Waals surface area contributed by atoms with Crippen molar-refractivity contribution in [3.63, 3.8) is 0 Å². The molecule has 0 radical (unpaired) electrons. The summed E-state index contributed by atoms with van der Waals surface area (Å²) in [6, 6.07) is 21.5. The molecular weight excluding hydrogens is 304 g/mol. The van der Waals surface area contributed by atoms with Crippen molar-refractivity contribution >= 4 is 33.3 Å². The molecule has 2 aromatic carbocycles. The predicted molar refractivity (Wildman–Crippen MR) is 102 cm³/mol. The van der Waals surface area contributed by atoms with Crippen molar-refractivity contribution in [2.75, 3.05) is 0 Å². The van der Waals surface area contributed by atoms with E-state index in [2.05, 4.69) is 73.0 Å². The SMILES string of the molecule is CCCCC1=CSC(c2ccccc2)=C(c2ccccc2)S1. The molecule has 0 fully saturated rings. The zero-order chi connectivity index (χ0) is 15.2. The van der Waals surface area contributed by atoms with Gasteiger partial charge in [-0.3, -0.25) is 0 Å². The minimum Gasteiger partial charge on any atom is -0.0954 e. The maximum absolute atomic E-state index is 2.34. The largest absolute Gasteiger partial charge is 0.0954 e. The Morgan fingerprint density at radius 1 is 0.773 bits per heavy atom. The second-order valence-corrected chi connectivity index (χ2v) is 7.31. The van der Waals surface area contributed by atoms with Gasteiger partial charge in [-0.05, 0) is 34.3 Å². The molecule has 2 heteroatoms. The highest BCUT2D eigenvalue weighted by Gasteiger charge is 2.18. The molecule has 0 unspecified atom stereocenters. The average Bonchev–Trinajstić information content (AvgIpc) is 2.61. The maximum Gasteiger partial charge on any atom is 0.0337 e. The first kappa shape index (κ1) is 15.5. The van der Waals surface area contributed by atoms with Crippen LogP contribution in [-0.4, -0.2) is 0 Å². The van der Waals surface area contributed by atoms with Gasteiger partial charge in [-0.15, -0.1) is 0 Å². The molecule has 0 atom stereocenters. The third-order valence-corrected chi connectivity index (χ3v) is 6.18. The van der Waals surface area contributed by atoms with E-state index in [9.17, 15) is 0 Å². The molecule has 112 valence electrons. The van der Waals surface area contributed by atoms with Crippen LogP contribution in [-0.2, 0) is 0 Å².